The molecular formula is C16H18BrN3. The highest BCUT2D eigenvalue weighted by atomic mass is 79.9. The Balaban J connectivity index is 1.69. The molecule has 4 heteroatoms. The number of H-pyrrole nitrogens is 1. The summed E-state index contributed by atoms with van der Waals surface area (Å²) in [6.45, 7) is 2.12. The second-order valence-electron chi connectivity index (χ2n) is 6.00. The van der Waals surface area contributed by atoms with Gasteiger partial charge in [-0.1, -0.05) is 28.1 Å². The molecule has 0 radical (unpaired) electrons. The summed E-state index contributed by atoms with van der Waals surface area (Å²) in [6, 6.07) is 9.70. The molecule has 2 aliphatic heterocycles. The lowest BCUT2D eigenvalue weighted by molar-refractivity contribution is 0.489. The average Bonchev–Trinajstić information content (AvgIpc) is 3.12. The maximum atomic E-state index is 4.91. The Morgan fingerprint density at radius 2 is 2.20 bits per heavy atom. The molecule has 2 aromatic rings. The van der Waals surface area contributed by atoms with Crippen molar-refractivity contribution in [3.05, 3.63) is 40.3 Å². The average molecular weight is 332 g/mol. The molecule has 104 valence electrons. The van der Waals surface area contributed by atoms with Crippen molar-refractivity contribution >= 4 is 15.9 Å². The Kier molecular flexibility index (Phi) is 2.97. The number of nitrogens with zero attached hydrogens (tertiary/aromatic N) is 1. The molecule has 4 rings (SSSR count). The third-order valence-electron chi connectivity index (χ3n) is 4.65. The van der Waals surface area contributed by atoms with Crippen molar-refractivity contribution in [3.8, 4) is 11.3 Å². The predicted molar refractivity (Wildman–Crippen MR) is 83.8 cm³/mol. The van der Waals surface area contributed by atoms with Gasteiger partial charge in [0.05, 0.1) is 5.69 Å². The molecule has 2 aliphatic rings. The van der Waals surface area contributed by atoms with Crippen LogP contribution in [0.1, 0.15) is 36.7 Å². The van der Waals surface area contributed by atoms with Gasteiger partial charge in [-0.15, -0.1) is 0 Å². The third-order valence-corrected chi connectivity index (χ3v) is 5.15. The Bertz CT molecular complexity index is 649. The van der Waals surface area contributed by atoms with Gasteiger partial charge in [-0.25, -0.2) is 4.98 Å². The fourth-order valence-corrected chi connectivity index (χ4v) is 4.10. The van der Waals surface area contributed by atoms with Crippen molar-refractivity contribution in [2.75, 3.05) is 0 Å². The first-order valence-corrected chi connectivity index (χ1v) is 8.08. The van der Waals surface area contributed by atoms with E-state index in [1.54, 1.807) is 0 Å². The normalized spacial score (nSPS) is 28.2. The van der Waals surface area contributed by atoms with E-state index in [-0.39, 0.29) is 0 Å². The van der Waals surface area contributed by atoms with Gasteiger partial charge in [0.25, 0.3) is 0 Å². The predicted octanol–water partition coefficient (Wildman–Crippen LogP) is 3.76. The van der Waals surface area contributed by atoms with Gasteiger partial charge >= 0.3 is 0 Å². The summed E-state index contributed by atoms with van der Waals surface area (Å²) in [5.74, 6) is 1.73. The van der Waals surface area contributed by atoms with Gasteiger partial charge in [-0.2, -0.15) is 0 Å². The number of fused-ring (bicyclic) bond motifs is 2. The van der Waals surface area contributed by atoms with Gasteiger partial charge in [0.1, 0.15) is 5.82 Å². The summed E-state index contributed by atoms with van der Waals surface area (Å²) < 4.78 is 1.10. The number of hydrogen-bond donors (Lipinski definition) is 2. The van der Waals surface area contributed by atoms with Gasteiger partial charge in [-0.05, 0) is 38.3 Å². The zero-order chi connectivity index (χ0) is 13.7. The lowest BCUT2D eigenvalue weighted by Gasteiger charge is -2.17. The largest absolute Gasteiger partial charge is 0.345 e. The molecule has 3 unspecified atom stereocenters. The first-order valence-electron chi connectivity index (χ1n) is 7.29. The fraction of sp³-hybridized carbons (Fsp3) is 0.438. The van der Waals surface area contributed by atoms with E-state index in [0.717, 1.165) is 16.0 Å². The Morgan fingerprint density at radius 3 is 2.90 bits per heavy atom. The molecule has 0 aliphatic carbocycles. The van der Waals surface area contributed by atoms with Crippen LogP contribution in [0.25, 0.3) is 11.3 Å². The number of imidazole rings is 1. The Morgan fingerprint density at radius 1 is 1.30 bits per heavy atom. The van der Waals surface area contributed by atoms with Crippen LogP contribution >= 0.6 is 15.9 Å². The molecule has 3 nitrogen and oxygen atoms in total. The number of benzene rings is 1. The van der Waals surface area contributed by atoms with E-state index in [0.29, 0.717) is 18.0 Å². The topological polar surface area (TPSA) is 40.7 Å². The van der Waals surface area contributed by atoms with E-state index in [4.69, 9.17) is 4.98 Å². The van der Waals surface area contributed by atoms with Crippen molar-refractivity contribution in [2.45, 2.75) is 44.2 Å². The lowest BCUT2D eigenvalue weighted by Crippen LogP contribution is -2.22. The summed E-state index contributed by atoms with van der Waals surface area (Å²) >= 11 is 3.54. The molecule has 3 atom stereocenters. The minimum Gasteiger partial charge on any atom is -0.345 e. The highest BCUT2D eigenvalue weighted by molar-refractivity contribution is 9.10. The maximum absolute atomic E-state index is 4.91. The van der Waals surface area contributed by atoms with Crippen molar-refractivity contribution in [1.82, 2.24) is 15.3 Å². The van der Waals surface area contributed by atoms with E-state index >= 15 is 0 Å². The van der Waals surface area contributed by atoms with Crippen LogP contribution in [0.3, 0.4) is 0 Å². The van der Waals surface area contributed by atoms with E-state index in [9.17, 15) is 0 Å². The van der Waals surface area contributed by atoms with Crippen LogP contribution in [-0.4, -0.2) is 22.1 Å². The van der Waals surface area contributed by atoms with E-state index < -0.39 is 0 Å². The van der Waals surface area contributed by atoms with Crippen molar-refractivity contribution in [3.63, 3.8) is 0 Å². The third kappa shape index (κ3) is 2.02. The summed E-state index contributed by atoms with van der Waals surface area (Å²) in [5, 5.41) is 3.69. The van der Waals surface area contributed by atoms with Gasteiger partial charge < -0.3 is 10.3 Å². The first-order chi connectivity index (χ1) is 9.70. The monoisotopic (exact) mass is 331 g/mol. The number of halogens is 1. The highest BCUT2D eigenvalue weighted by Gasteiger charge is 2.41. The molecule has 3 heterocycles. The second-order valence-corrected chi connectivity index (χ2v) is 6.91. The van der Waals surface area contributed by atoms with E-state index in [1.807, 2.05) is 6.07 Å². The molecule has 0 spiro atoms. The molecule has 2 N–H and O–H groups in total. The number of hydrogen-bond acceptors (Lipinski definition) is 2. The zero-order valence-corrected chi connectivity index (χ0v) is 13.1. The van der Waals surface area contributed by atoms with Crippen LogP contribution in [0.5, 0.6) is 0 Å². The Labute approximate surface area is 127 Å². The first kappa shape index (κ1) is 12.6. The minimum absolute atomic E-state index is 0.563. The lowest BCUT2D eigenvalue weighted by atomic mass is 9.89. The standard InChI is InChI=1S/C16H18BrN3/c1-9-15(10-3-2-4-11(17)7-10)20-16(18-9)13-8-12-5-6-14(13)19-12/h2-4,7,12-14,19H,5-6,8H2,1H3,(H,18,20). The number of aromatic amines is 1. The minimum atomic E-state index is 0.563. The molecule has 2 bridgehead atoms. The van der Waals surface area contributed by atoms with Crippen LogP contribution in [0, 0.1) is 6.92 Å². The quantitative estimate of drug-likeness (QED) is 0.879. The van der Waals surface area contributed by atoms with Crippen LogP contribution in [0.2, 0.25) is 0 Å². The SMILES string of the molecule is Cc1[nH]c(C2CC3CCC2N3)nc1-c1cccc(Br)c1. The summed E-state index contributed by atoms with van der Waals surface area (Å²) in [4.78, 5) is 8.43. The molecule has 20 heavy (non-hydrogen) atoms. The maximum Gasteiger partial charge on any atom is 0.111 e. The molecule has 0 amide bonds. The molecular weight excluding hydrogens is 314 g/mol. The van der Waals surface area contributed by atoms with Crippen LogP contribution < -0.4 is 5.32 Å². The van der Waals surface area contributed by atoms with Gasteiger partial charge in [-0.3, -0.25) is 0 Å². The smallest absolute Gasteiger partial charge is 0.111 e. The number of rotatable bonds is 2. The molecule has 1 aromatic heterocycles. The highest BCUT2D eigenvalue weighted by Crippen LogP contribution is 2.39. The zero-order valence-electron chi connectivity index (χ0n) is 11.5. The number of aromatic nitrogens is 2. The van der Waals surface area contributed by atoms with Crippen molar-refractivity contribution in [1.29, 1.82) is 0 Å². The summed E-state index contributed by atoms with van der Waals surface area (Å²) in [6.07, 6.45) is 3.86. The molecule has 2 fully saturated rings. The molecule has 2 saturated heterocycles. The molecule has 0 saturated carbocycles. The van der Waals surface area contributed by atoms with E-state index in [2.05, 4.69) is 51.4 Å². The van der Waals surface area contributed by atoms with Gasteiger partial charge in [0.15, 0.2) is 0 Å². The number of aryl methyl sites for hydroxylation is 1. The van der Waals surface area contributed by atoms with Gasteiger partial charge in [0.2, 0.25) is 0 Å². The van der Waals surface area contributed by atoms with Crippen LogP contribution in [0.15, 0.2) is 28.7 Å². The van der Waals surface area contributed by atoms with Gasteiger partial charge in [0, 0.05) is 33.7 Å². The van der Waals surface area contributed by atoms with Crippen molar-refractivity contribution < 1.29 is 0 Å². The number of nitrogens with one attached hydrogen (secondary N) is 2. The van der Waals surface area contributed by atoms with E-state index in [1.165, 1.54) is 30.5 Å². The van der Waals surface area contributed by atoms with Crippen LogP contribution in [0.4, 0.5) is 0 Å². The summed E-state index contributed by atoms with van der Waals surface area (Å²) in [5.41, 5.74) is 3.43. The van der Waals surface area contributed by atoms with Crippen LogP contribution in [-0.2, 0) is 0 Å². The Hall–Kier alpha value is -1.13. The summed E-state index contributed by atoms with van der Waals surface area (Å²) in [7, 11) is 0. The van der Waals surface area contributed by atoms with Crippen molar-refractivity contribution in [2.24, 2.45) is 0 Å². The second kappa shape index (κ2) is 4.71. The molecule has 1 aromatic carbocycles. The fourth-order valence-electron chi connectivity index (χ4n) is 3.70.